The van der Waals surface area contributed by atoms with Gasteiger partial charge in [-0.25, -0.2) is 21.6 Å². The molecule has 134 valence electrons. The van der Waals surface area contributed by atoms with Gasteiger partial charge in [0.1, 0.15) is 0 Å². The molecule has 1 fully saturated rings. The average Bonchev–Trinajstić information content (AvgIpc) is 2.46. The van der Waals surface area contributed by atoms with Crippen molar-refractivity contribution in [3.63, 3.8) is 0 Å². The number of amides is 1. The Morgan fingerprint density at radius 1 is 1.21 bits per heavy atom. The summed E-state index contributed by atoms with van der Waals surface area (Å²) in [4.78, 5) is 13.7. The lowest BCUT2D eigenvalue weighted by molar-refractivity contribution is -0.130. The van der Waals surface area contributed by atoms with Crippen LogP contribution in [0.3, 0.4) is 0 Å². The minimum absolute atomic E-state index is 0.00415. The van der Waals surface area contributed by atoms with Crippen LogP contribution in [0.5, 0.6) is 0 Å². The van der Waals surface area contributed by atoms with Crippen LogP contribution >= 0.6 is 0 Å². The maximum atomic E-state index is 12.3. The highest BCUT2D eigenvalue weighted by atomic mass is 32.2. The van der Waals surface area contributed by atoms with Crippen molar-refractivity contribution >= 4 is 25.8 Å². The number of rotatable bonds is 5. The molecule has 1 N–H and O–H groups in total. The van der Waals surface area contributed by atoms with E-state index in [9.17, 15) is 21.6 Å². The summed E-state index contributed by atoms with van der Waals surface area (Å²) in [6.07, 6.45) is 0.00415. The number of sulfone groups is 1. The first kappa shape index (κ1) is 18.9. The van der Waals surface area contributed by atoms with Gasteiger partial charge in [-0.05, 0) is 25.5 Å². The molecule has 1 heterocycles. The molecule has 7 nitrogen and oxygen atoms in total. The van der Waals surface area contributed by atoms with E-state index in [-0.39, 0.29) is 48.4 Å². The third-order valence-corrected chi connectivity index (χ3v) is 7.18. The highest BCUT2D eigenvalue weighted by Gasteiger charge is 2.25. The predicted octanol–water partition coefficient (Wildman–Crippen LogP) is 0.229. The Hall–Kier alpha value is -1.45. The summed E-state index contributed by atoms with van der Waals surface area (Å²) < 4.78 is 49.7. The molecule has 0 aliphatic carbocycles. The van der Waals surface area contributed by atoms with E-state index in [4.69, 9.17) is 0 Å². The highest BCUT2D eigenvalue weighted by Crippen LogP contribution is 2.16. The number of carbonyl (C=O) groups is 1. The Bertz CT molecular complexity index is 817. The van der Waals surface area contributed by atoms with E-state index in [1.54, 1.807) is 25.1 Å². The van der Waals surface area contributed by atoms with Crippen LogP contribution < -0.4 is 4.72 Å². The summed E-state index contributed by atoms with van der Waals surface area (Å²) >= 11 is 0. The van der Waals surface area contributed by atoms with Crippen molar-refractivity contribution in [1.82, 2.24) is 9.62 Å². The molecule has 0 saturated carbocycles. The Balaban J connectivity index is 1.90. The summed E-state index contributed by atoms with van der Waals surface area (Å²) in [5.74, 6) is -0.312. The number of hydrogen-bond acceptors (Lipinski definition) is 5. The fourth-order valence-electron chi connectivity index (χ4n) is 2.59. The minimum Gasteiger partial charge on any atom is -0.341 e. The van der Waals surface area contributed by atoms with Gasteiger partial charge in [0, 0.05) is 26.1 Å². The lowest BCUT2D eigenvalue weighted by Crippen LogP contribution is -2.44. The monoisotopic (exact) mass is 374 g/mol. The largest absolute Gasteiger partial charge is 0.341 e. The molecule has 1 aromatic rings. The second-order valence-electron chi connectivity index (χ2n) is 5.95. The van der Waals surface area contributed by atoms with Gasteiger partial charge < -0.3 is 4.90 Å². The first-order chi connectivity index (χ1) is 11.1. The number of nitrogens with zero attached hydrogens (tertiary/aromatic N) is 1. The standard InChI is InChI=1S/C15H22N2O5S2/c1-12-3-4-14(13(2)11-12)24(21,22)16-6-5-15(18)17-7-9-23(19,20)10-8-17/h3-4,11,16H,5-10H2,1-2H3. The van der Waals surface area contributed by atoms with Gasteiger partial charge in [-0.15, -0.1) is 0 Å². The first-order valence-electron chi connectivity index (χ1n) is 7.66. The topological polar surface area (TPSA) is 101 Å². The van der Waals surface area contributed by atoms with Crippen LogP contribution in [0.15, 0.2) is 23.1 Å². The maximum absolute atomic E-state index is 12.3. The molecule has 0 radical (unpaired) electrons. The first-order valence-corrected chi connectivity index (χ1v) is 11.0. The zero-order valence-electron chi connectivity index (χ0n) is 13.8. The molecule has 9 heteroatoms. The van der Waals surface area contributed by atoms with Crippen LogP contribution in [0.25, 0.3) is 0 Å². The van der Waals surface area contributed by atoms with E-state index in [2.05, 4.69) is 4.72 Å². The number of aryl methyl sites for hydroxylation is 2. The number of nitrogens with one attached hydrogen (secondary N) is 1. The molecule has 1 aliphatic rings. The van der Waals surface area contributed by atoms with Crippen LogP contribution in [0, 0.1) is 13.8 Å². The van der Waals surface area contributed by atoms with Gasteiger partial charge in [0.15, 0.2) is 9.84 Å². The fraction of sp³-hybridized carbons (Fsp3) is 0.533. The van der Waals surface area contributed by atoms with Gasteiger partial charge >= 0.3 is 0 Å². The summed E-state index contributed by atoms with van der Waals surface area (Å²) in [5.41, 5.74) is 1.62. The second kappa shape index (κ2) is 7.20. The Labute approximate surface area is 143 Å². The molecule has 1 amide bonds. The molecule has 0 atom stereocenters. The summed E-state index contributed by atoms with van der Waals surface area (Å²) in [7, 11) is -6.71. The summed E-state index contributed by atoms with van der Waals surface area (Å²) in [6, 6.07) is 5.05. The zero-order chi connectivity index (χ0) is 18.0. The van der Waals surface area contributed by atoms with Gasteiger partial charge in [0.25, 0.3) is 0 Å². The van der Waals surface area contributed by atoms with Crippen LogP contribution in [0.4, 0.5) is 0 Å². The van der Waals surface area contributed by atoms with Crippen LogP contribution in [-0.4, -0.2) is 58.8 Å². The van der Waals surface area contributed by atoms with Crippen molar-refractivity contribution in [2.75, 3.05) is 31.1 Å². The molecule has 0 spiro atoms. The Morgan fingerprint density at radius 2 is 1.83 bits per heavy atom. The van der Waals surface area contributed by atoms with Crippen LogP contribution in [0.1, 0.15) is 17.5 Å². The molecule has 1 aromatic carbocycles. The third kappa shape index (κ3) is 4.78. The lowest BCUT2D eigenvalue weighted by atomic mass is 10.2. The molecule has 0 unspecified atom stereocenters. The maximum Gasteiger partial charge on any atom is 0.240 e. The van der Waals surface area contributed by atoms with Gasteiger partial charge in [0.05, 0.1) is 16.4 Å². The molecule has 1 aliphatic heterocycles. The summed E-state index contributed by atoms with van der Waals surface area (Å²) in [5, 5.41) is 0. The van der Waals surface area contributed by atoms with Crippen molar-refractivity contribution in [1.29, 1.82) is 0 Å². The van der Waals surface area contributed by atoms with Gasteiger partial charge in [-0.2, -0.15) is 0 Å². The number of sulfonamides is 1. The van der Waals surface area contributed by atoms with E-state index in [1.165, 1.54) is 4.90 Å². The van der Waals surface area contributed by atoms with Crippen molar-refractivity contribution in [2.45, 2.75) is 25.2 Å². The Kier molecular flexibility index (Phi) is 5.67. The number of carbonyl (C=O) groups excluding carboxylic acids is 1. The molecule has 24 heavy (non-hydrogen) atoms. The minimum atomic E-state index is -3.67. The summed E-state index contributed by atoms with van der Waals surface area (Å²) in [6.45, 7) is 3.93. The van der Waals surface area contributed by atoms with Crippen molar-refractivity contribution in [3.8, 4) is 0 Å². The zero-order valence-corrected chi connectivity index (χ0v) is 15.4. The van der Waals surface area contributed by atoms with Gasteiger partial charge in [-0.3, -0.25) is 4.79 Å². The third-order valence-electron chi connectivity index (χ3n) is 3.95. The SMILES string of the molecule is Cc1ccc(S(=O)(=O)NCCC(=O)N2CCS(=O)(=O)CC2)c(C)c1. The molecule has 0 bridgehead atoms. The normalized spacial score (nSPS) is 17.7. The van der Waals surface area contributed by atoms with E-state index in [1.807, 2.05) is 6.92 Å². The molecule has 1 saturated heterocycles. The number of benzene rings is 1. The predicted molar refractivity (Wildman–Crippen MR) is 91.0 cm³/mol. The van der Waals surface area contributed by atoms with Crippen molar-refractivity contribution in [3.05, 3.63) is 29.3 Å². The van der Waals surface area contributed by atoms with Crippen molar-refractivity contribution < 1.29 is 21.6 Å². The fourth-order valence-corrected chi connectivity index (χ4v) is 5.05. The smallest absolute Gasteiger partial charge is 0.240 e. The van der Waals surface area contributed by atoms with Gasteiger partial charge in [-0.1, -0.05) is 17.7 Å². The van der Waals surface area contributed by atoms with E-state index < -0.39 is 19.9 Å². The number of hydrogen-bond donors (Lipinski definition) is 1. The van der Waals surface area contributed by atoms with E-state index >= 15 is 0 Å². The molecule has 2 rings (SSSR count). The van der Waals surface area contributed by atoms with Crippen LogP contribution in [-0.2, 0) is 24.7 Å². The molecular weight excluding hydrogens is 352 g/mol. The van der Waals surface area contributed by atoms with E-state index in [0.29, 0.717) is 5.56 Å². The quantitative estimate of drug-likeness (QED) is 0.795. The van der Waals surface area contributed by atoms with Crippen LogP contribution in [0.2, 0.25) is 0 Å². The second-order valence-corrected chi connectivity index (χ2v) is 9.99. The van der Waals surface area contributed by atoms with Crippen molar-refractivity contribution in [2.24, 2.45) is 0 Å². The highest BCUT2D eigenvalue weighted by molar-refractivity contribution is 7.91. The average molecular weight is 374 g/mol. The lowest BCUT2D eigenvalue weighted by Gasteiger charge is -2.26. The molecule has 0 aromatic heterocycles. The van der Waals surface area contributed by atoms with Gasteiger partial charge in [0.2, 0.25) is 15.9 Å². The van der Waals surface area contributed by atoms with E-state index in [0.717, 1.165) is 5.56 Å². The molecular formula is C15H22N2O5S2. The Morgan fingerprint density at radius 3 is 2.42 bits per heavy atom.